The maximum absolute atomic E-state index is 11.5. The van der Waals surface area contributed by atoms with Crippen molar-refractivity contribution in [3.63, 3.8) is 0 Å². The Morgan fingerprint density at radius 3 is 2.17 bits per heavy atom. The fraction of sp³-hybridized carbons (Fsp3) is 0.571. The van der Waals surface area contributed by atoms with Gasteiger partial charge in [-0.25, -0.2) is 4.79 Å². The van der Waals surface area contributed by atoms with Crippen LogP contribution in [-0.2, 0) is 4.74 Å². The van der Waals surface area contributed by atoms with Crippen LogP contribution in [0, 0.1) is 0 Å². The van der Waals surface area contributed by atoms with Gasteiger partial charge in [0.05, 0.1) is 11.9 Å². The molecule has 0 saturated carbocycles. The molecule has 0 aromatic heterocycles. The molecule has 0 radical (unpaired) electrons. The minimum Gasteiger partial charge on any atom is -0.444 e. The molecule has 0 atom stereocenters. The lowest BCUT2D eigenvalue weighted by atomic mass is 10.2. The lowest BCUT2D eigenvalue weighted by molar-refractivity contribution is 0.0547. The summed E-state index contributed by atoms with van der Waals surface area (Å²) in [6, 6.07) is 0. The zero-order chi connectivity index (χ0) is 14.8. The van der Waals surface area contributed by atoms with Crippen molar-refractivity contribution in [1.29, 1.82) is 0 Å². The van der Waals surface area contributed by atoms with Crippen LogP contribution < -0.4 is 5.32 Å². The minimum atomic E-state index is -0.513. The molecular weight excluding hydrogens is 228 g/mol. The highest BCUT2D eigenvalue weighted by atomic mass is 16.6. The lowest BCUT2D eigenvalue weighted by Crippen LogP contribution is -2.32. The third kappa shape index (κ3) is 9.63. The molecule has 4 nitrogen and oxygen atoms in total. The summed E-state index contributed by atoms with van der Waals surface area (Å²) < 4.78 is 5.13. The van der Waals surface area contributed by atoms with Crippen LogP contribution in [0.25, 0.3) is 0 Å². The van der Waals surface area contributed by atoms with Crippen molar-refractivity contribution in [2.45, 2.75) is 54.1 Å². The number of nitrogens with one attached hydrogen (secondary N) is 1. The number of amides is 1. The summed E-state index contributed by atoms with van der Waals surface area (Å²) in [7, 11) is 0. The van der Waals surface area contributed by atoms with Crippen LogP contribution in [0.1, 0.15) is 48.5 Å². The number of carbonyl (C=O) groups is 1. The van der Waals surface area contributed by atoms with E-state index in [1.165, 1.54) is 6.20 Å². The smallest absolute Gasteiger partial charge is 0.412 e. The van der Waals surface area contributed by atoms with E-state index in [1.807, 2.05) is 54.5 Å². The first-order chi connectivity index (χ1) is 8.30. The van der Waals surface area contributed by atoms with Crippen molar-refractivity contribution in [3.8, 4) is 0 Å². The molecule has 0 fully saturated rings. The fourth-order valence-corrected chi connectivity index (χ4v) is 0.893. The van der Waals surface area contributed by atoms with E-state index in [4.69, 9.17) is 4.74 Å². The predicted octanol–water partition coefficient (Wildman–Crippen LogP) is 4.05. The third-order valence-electron chi connectivity index (χ3n) is 1.71. The van der Waals surface area contributed by atoms with E-state index in [0.29, 0.717) is 5.70 Å². The van der Waals surface area contributed by atoms with E-state index < -0.39 is 11.7 Å². The molecule has 0 aliphatic heterocycles. The summed E-state index contributed by atoms with van der Waals surface area (Å²) in [5.74, 6) is 0. The second kappa shape index (κ2) is 9.45. The summed E-state index contributed by atoms with van der Waals surface area (Å²) in [6.07, 6.45) is 2.86. The van der Waals surface area contributed by atoms with Crippen LogP contribution >= 0.6 is 0 Å². The van der Waals surface area contributed by atoms with Gasteiger partial charge < -0.3 is 4.74 Å². The largest absolute Gasteiger partial charge is 0.444 e. The standard InChI is InChI=1S/C12H20N2O2.C2H6/c1-7-9(2)10(8-13-6)14-11(15)16-12(3,4)5;1-2/h7-8H,6H2,1-5H3,(H,14,15);1-2H3/b9-7-,10-8+;. The van der Waals surface area contributed by atoms with Crippen molar-refractivity contribution < 1.29 is 9.53 Å². The molecule has 0 aromatic carbocycles. The van der Waals surface area contributed by atoms with Gasteiger partial charge in [0, 0.05) is 0 Å². The molecule has 0 bridgehead atoms. The number of hydrogen-bond donors (Lipinski definition) is 1. The summed E-state index contributed by atoms with van der Waals surface area (Å²) >= 11 is 0. The Balaban J connectivity index is 0. The van der Waals surface area contributed by atoms with Gasteiger partial charge in [0.25, 0.3) is 0 Å². The number of carbonyl (C=O) groups excluding carboxylic acids is 1. The molecule has 0 saturated heterocycles. The van der Waals surface area contributed by atoms with Gasteiger partial charge in [-0.15, -0.1) is 0 Å². The molecule has 0 aromatic rings. The Bertz CT molecular complexity index is 323. The number of hydrogen-bond acceptors (Lipinski definition) is 3. The van der Waals surface area contributed by atoms with E-state index in [1.54, 1.807) is 0 Å². The minimum absolute atomic E-state index is 0.497. The summed E-state index contributed by atoms with van der Waals surface area (Å²) in [4.78, 5) is 15.1. The SMILES string of the molecule is C=N/C=C(NC(=O)OC(C)(C)C)\C(C)=C/C.CC. The quantitative estimate of drug-likeness (QED) is 0.610. The molecule has 1 N–H and O–H groups in total. The summed E-state index contributed by atoms with van der Waals surface area (Å²) in [5.41, 5.74) is 0.977. The van der Waals surface area contributed by atoms with Crippen molar-refractivity contribution in [1.82, 2.24) is 5.32 Å². The van der Waals surface area contributed by atoms with Gasteiger partial charge in [-0.1, -0.05) is 19.9 Å². The molecule has 0 heterocycles. The van der Waals surface area contributed by atoms with Crippen LogP contribution in [0.4, 0.5) is 4.79 Å². The summed E-state index contributed by atoms with van der Waals surface area (Å²) in [6.45, 7) is 16.5. The molecule has 0 spiro atoms. The number of ether oxygens (including phenoxy) is 1. The number of nitrogens with zero attached hydrogens (tertiary/aromatic N) is 1. The molecule has 0 aliphatic rings. The first kappa shape index (κ1) is 18.8. The van der Waals surface area contributed by atoms with Crippen LogP contribution in [0.5, 0.6) is 0 Å². The van der Waals surface area contributed by atoms with Crippen LogP contribution in [-0.4, -0.2) is 18.4 Å². The van der Waals surface area contributed by atoms with E-state index in [0.717, 1.165) is 5.57 Å². The molecule has 4 heteroatoms. The van der Waals surface area contributed by atoms with E-state index in [-0.39, 0.29) is 0 Å². The van der Waals surface area contributed by atoms with Gasteiger partial charge in [0.15, 0.2) is 0 Å². The van der Waals surface area contributed by atoms with Gasteiger partial charge >= 0.3 is 6.09 Å². The fourth-order valence-electron chi connectivity index (χ4n) is 0.893. The van der Waals surface area contributed by atoms with Gasteiger partial charge in [0.1, 0.15) is 5.60 Å². The first-order valence-corrected chi connectivity index (χ1v) is 6.09. The Morgan fingerprint density at radius 2 is 1.83 bits per heavy atom. The second-order valence-electron chi connectivity index (χ2n) is 4.32. The molecule has 0 rings (SSSR count). The van der Waals surface area contributed by atoms with E-state index in [9.17, 15) is 4.79 Å². The van der Waals surface area contributed by atoms with Crippen LogP contribution in [0.2, 0.25) is 0 Å². The molecule has 1 amide bonds. The normalized spacial score (nSPS) is 12.2. The Morgan fingerprint density at radius 1 is 1.33 bits per heavy atom. The van der Waals surface area contributed by atoms with Crippen LogP contribution in [0.3, 0.4) is 0 Å². The third-order valence-corrected chi connectivity index (χ3v) is 1.71. The van der Waals surface area contributed by atoms with E-state index >= 15 is 0 Å². The highest BCUT2D eigenvalue weighted by Gasteiger charge is 2.17. The number of allylic oxidation sites excluding steroid dienone is 2. The van der Waals surface area contributed by atoms with Crippen molar-refractivity contribution in [2.24, 2.45) is 4.99 Å². The van der Waals surface area contributed by atoms with Gasteiger partial charge in [0.2, 0.25) is 0 Å². The van der Waals surface area contributed by atoms with Gasteiger partial charge in [-0.2, -0.15) is 0 Å². The highest BCUT2D eigenvalue weighted by molar-refractivity contribution is 5.71. The Kier molecular flexibility index (Phi) is 9.86. The second-order valence-corrected chi connectivity index (χ2v) is 4.32. The van der Waals surface area contributed by atoms with Gasteiger partial charge in [-0.05, 0) is 46.9 Å². The summed E-state index contributed by atoms with van der Waals surface area (Å²) in [5, 5.41) is 2.62. The number of rotatable bonds is 3. The lowest BCUT2D eigenvalue weighted by Gasteiger charge is -2.20. The van der Waals surface area contributed by atoms with Crippen molar-refractivity contribution in [3.05, 3.63) is 23.5 Å². The Hall–Kier alpha value is -1.58. The van der Waals surface area contributed by atoms with Crippen molar-refractivity contribution >= 4 is 12.8 Å². The first-order valence-electron chi connectivity index (χ1n) is 6.09. The maximum atomic E-state index is 11.5. The maximum Gasteiger partial charge on any atom is 0.412 e. The zero-order valence-electron chi connectivity index (χ0n) is 12.6. The van der Waals surface area contributed by atoms with Crippen LogP contribution in [0.15, 0.2) is 28.5 Å². The number of alkyl carbamates (subject to hydrolysis) is 1. The molecule has 0 unspecified atom stereocenters. The molecule has 0 aliphatic carbocycles. The monoisotopic (exact) mass is 254 g/mol. The average molecular weight is 254 g/mol. The highest BCUT2D eigenvalue weighted by Crippen LogP contribution is 2.10. The zero-order valence-corrected chi connectivity index (χ0v) is 12.6. The Labute approximate surface area is 111 Å². The average Bonchev–Trinajstić information content (AvgIpc) is 2.27. The molecule has 104 valence electrons. The molecule has 18 heavy (non-hydrogen) atoms. The topological polar surface area (TPSA) is 50.7 Å². The number of aliphatic imine (C=N–C) groups is 1. The van der Waals surface area contributed by atoms with Crippen molar-refractivity contribution in [2.75, 3.05) is 0 Å². The predicted molar refractivity (Wildman–Crippen MR) is 77.8 cm³/mol. The molecular formula is C14H26N2O2. The van der Waals surface area contributed by atoms with Gasteiger partial charge in [-0.3, -0.25) is 10.3 Å². The van der Waals surface area contributed by atoms with E-state index in [2.05, 4.69) is 17.0 Å².